The highest BCUT2D eigenvalue weighted by Crippen LogP contribution is 2.18. The fourth-order valence-corrected chi connectivity index (χ4v) is 2.07. The highest BCUT2D eigenvalue weighted by molar-refractivity contribution is 7.15. The lowest BCUT2D eigenvalue weighted by atomic mass is 10.1. The Balaban J connectivity index is 2.55. The van der Waals surface area contributed by atoms with E-state index in [9.17, 15) is 4.79 Å². The standard InChI is InChI=1S/C10H18N4OS/c1-4-7(11)9(15)12-10-14-13-8(16-10)5-6(2)3/h6-7H,4-5,11H2,1-3H3,(H,12,14,15)/t7-/m1/s1. The second-order valence-electron chi connectivity index (χ2n) is 4.10. The normalized spacial score (nSPS) is 12.8. The Hall–Kier alpha value is -1.01. The molecule has 1 rings (SSSR count). The number of nitrogens with one attached hydrogen (secondary N) is 1. The lowest BCUT2D eigenvalue weighted by Crippen LogP contribution is -2.34. The van der Waals surface area contributed by atoms with E-state index in [2.05, 4.69) is 29.4 Å². The van der Waals surface area contributed by atoms with Crippen LogP contribution in [-0.2, 0) is 11.2 Å². The Bertz CT molecular complexity index is 350. The van der Waals surface area contributed by atoms with Crippen LogP contribution in [0.5, 0.6) is 0 Å². The maximum atomic E-state index is 11.5. The van der Waals surface area contributed by atoms with Crippen LogP contribution >= 0.6 is 11.3 Å². The summed E-state index contributed by atoms with van der Waals surface area (Å²) in [6, 6.07) is -0.475. The molecule has 16 heavy (non-hydrogen) atoms. The molecule has 0 saturated carbocycles. The molecule has 1 amide bonds. The van der Waals surface area contributed by atoms with Crippen molar-refractivity contribution in [3.05, 3.63) is 5.01 Å². The Morgan fingerprint density at radius 2 is 2.19 bits per heavy atom. The molecule has 0 saturated heterocycles. The van der Waals surface area contributed by atoms with Crippen molar-refractivity contribution in [3.8, 4) is 0 Å². The molecule has 0 fully saturated rings. The van der Waals surface area contributed by atoms with Crippen molar-refractivity contribution < 1.29 is 4.79 Å². The minimum atomic E-state index is -0.475. The lowest BCUT2D eigenvalue weighted by Gasteiger charge is -2.06. The fraction of sp³-hybridized carbons (Fsp3) is 0.700. The van der Waals surface area contributed by atoms with E-state index in [0.717, 1.165) is 11.4 Å². The zero-order valence-corrected chi connectivity index (χ0v) is 10.7. The van der Waals surface area contributed by atoms with Crippen molar-refractivity contribution in [2.45, 2.75) is 39.7 Å². The largest absolute Gasteiger partial charge is 0.320 e. The van der Waals surface area contributed by atoms with Crippen LogP contribution in [0.2, 0.25) is 0 Å². The molecule has 0 bridgehead atoms. The van der Waals surface area contributed by atoms with Gasteiger partial charge in [0.15, 0.2) is 0 Å². The maximum Gasteiger partial charge on any atom is 0.243 e. The molecule has 0 unspecified atom stereocenters. The van der Waals surface area contributed by atoms with Gasteiger partial charge in [-0.3, -0.25) is 10.1 Å². The van der Waals surface area contributed by atoms with E-state index in [1.807, 2.05) is 6.92 Å². The third-order valence-electron chi connectivity index (χ3n) is 2.06. The summed E-state index contributed by atoms with van der Waals surface area (Å²) in [4.78, 5) is 11.5. The van der Waals surface area contributed by atoms with E-state index < -0.39 is 6.04 Å². The summed E-state index contributed by atoms with van der Waals surface area (Å²) in [6.45, 7) is 6.11. The van der Waals surface area contributed by atoms with Gasteiger partial charge in [-0.05, 0) is 12.3 Å². The number of amides is 1. The average Bonchev–Trinajstić information content (AvgIpc) is 2.63. The number of carbonyl (C=O) groups is 1. The minimum Gasteiger partial charge on any atom is -0.320 e. The van der Waals surface area contributed by atoms with Gasteiger partial charge in [-0.15, -0.1) is 10.2 Å². The van der Waals surface area contributed by atoms with Crippen molar-refractivity contribution >= 4 is 22.4 Å². The lowest BCUT2D eigenvalue weighted by molar-refractivity contribution is -0.117. The van der Waals surface area contributed by atoms with Crippen LogP contribution in [0.4, 0.5) is 5.13 Å². The summed E-state index contributed by atoms with van der Waals surface area (Å²) in [6.07, 6.45) is 1.50. The van der Waals surface area contributed by atoms with Crippen LogP contribution in [0.1, 0.15) is 32.2 Å². The van der Waals surface area contributed by atoms with Gasteiger partial charge in [0.2, 0.25) is 11.0 Å². The average molecular weight is 242 g/mol. The molecule has 5 nitrogen and oxygen atoms in total. The Morgan fingerprint density at radius 3 is 2.75 bits per heavy atom. The SMILES string of the molecule is CC[C@@H](N)C(=O)Nc1nnc(CC(C)C)s1. The van der Waals surface area contributed by atoms with Gasteiger partial charge in [-0.25, -0.2) is 0 Å². The molecular formula is C10H18N4OS. The summed E-state index contributed by atoms with van der Waals surface area (Å²) < 4.78 is 0. The van der Waals surface area contributed by atoms with Gasteiger partial charge >= 0.3 is 0 Å². The zero-order valence-electron chi connectivity index (χ0n) is 9.86. The third-order valence-corrected chi connectivity index (χ3v) is 2.92. The number of carbonyl (C=O) groups excluding carboxylic acids is 1. The highest BCUT2D eigenvalue weighted by Gasteiger charge is 2.13. The van der Waals surface area contributed by atoms with Gasteiger partial charge < -0.3 is 5.73 Å². The van der Waals surface area contributed by atoms with Gasteiger partial charge in [0.05, 0.1) is 6.04 Å². The van der Waals surface area contributed by atoms with E-state index in [1.54, 1.807) is 0 Å². The number of aromatic nitrogens is 2. The summed E-state index contributed by atoms with van der Waals surface area (Å²) in [5.41, 5.74) is 5.60. The fourth-order valence-electron chi connectivity index (χ4n) is 1.12. The zero-order chi connectivity index (χ0) is 12.1. The summed E-state index contributed by atoms with van der Waals surface area (Å²) in [5.74, 6) is 0.337. The first kappa shape index (κ1) is 13.1. The number of nitrogens with zero attached hydrogens (tertiary/aromatic N) is 2. The number of rotatable bonds is 5. The number of hydrogen-bond donors (Lipinski definition) is 2. The van der Waals surface area contributed by atoms with Crippen LogP contribution < -0.4 is 11.1 Å². The molecule has 6 heteroatoms. The molecule has 1 aromatic heterocycles. The van der Waals surface area contributed by atoms with Crippen LogP contribution in [0, 0.1) is 5.92 Å². The van der Waals surface area contributed by atoms with Crippen LogP contribution in [0.15, 0.2) is 0 Å². The van der Waals surface area contributed by atoms with Crippen molar-refractivity contribution in [2.75, 3.05) is 5.32 Å². The number of anilines is 1. The second-order valence-corrected chi connectivity index (χ2v) is 5.16. The van der Waals surface area contributed by atoms with E-state index in [-0.39, 0.29) is 5.91 Å². The first-order valence-corrected chi connectivity index (χ1v) is 6.23. The Labute approximate surface area is 99.5 Å². The van der Waals surface area contributed by atoms with Gasteiger partial charge in [0.25, 0.3) is 0 Å². The van der Waals surface area contributed by atoms with Crippen molar-refractivity contribution in [3.63, 3.8) is 0 Å². The first-order valence-electron chi connectivity index (χ1n) is 5.41. The van der Waals surface area contributed by atoms with Gasteiger partial charge in [0, 0.05) is 6.42 Å². The highest BCUT2D eigenvalue weighted by atomic mass is 32.1. The summed E-state index contributed by atoms with van der Waals surface area (Å²) in [7, 11) is 0. The van der Waals surface area contributed by atoms with E-state index >= 15 is 0 Å². The molecular weight excluding hydrogens is 224 g/mol. The molecule has 1 heterocycles. The Morgan fingerprint density at radius 1 is 1.50 bits per heavy atom. The van der Waals surface area contributed by atoms with Crippen LogP contribution in [0.3, 0.4) is 0 Å². The van der Waals surface area contributed by atoms with Crippen molar-refractivity contribution in [1.82, 2.24) is 10.2 Å². The Kier molecular flexibility index (Phi) is 4.82. The minimum absolute atomic E-state index is 0.199. The third kappa shape index (κ3) is 3.86. The van der Waals surface area contributed by atoms with E-state index in [1.165, 1.54) is 11.3 Å². The van der Waals surface area contributed by atoms with E-state index in [0.29, 0.717) is 17.5 Å². The van der Waals surface area contributed by atoms with Crippen LogP contribution in [-0.4, -0.2) is 22.1 Å². The predicted molar refractivity (Wildman–Crippen MR) is 65.3 cm³/mol. The second kappa shape index (κ2) is 5.91. The smallest absolute Gasteiger partial charge is 0.243 e. The van der Waals surface area contributed by atoms with Crippen molar-refractivity contribution in [1.29, 1.82) is 0 Å². The molecule has 1 atom stereocenters. The molecule has 0 aliphatic rings. The molecule has 3 N–H and O–H groups in total. The molecule has 0 aromatic carbocycles. The topological polar surface area (TPSA) is 80.9 Å². The maximum absolute atomic E-state index is 11.5. The predicted octanol–water partition coefficient (Wildman–Crippen LogP) is 1.41. The molecule has 0 radical (unpaired) electrons. The molecule has 90 valence electrons. The van der Waals surface area contributed by atoms with Crippen LogP contribution in [0.25, 0.3) is 0 Å². The summed E-state index contributed by atoms with van der Waals surface area (Å²) in [5, 5.41) is 12.1. The number of nitrogens with two attached hydrogens (primary N) is 1. The molecule has 0 spiro atoms. The first-order chi connectivity index (χ1) is 7.52. The monoisotopic (exact) mass is 242 g/mol. The van der Waals surface area contributed by atoms with Crippen molar-refractivity contribution in [2.24, 2.45) is 11.7 Å². The van der Waals surface area contributed by atoms with E-state index in [4.69, 9.17) is 5.73 Å². The molecule has 0 aliphatic heterocycles. The number of hydrogen-bond acceptors (Lipinski definition) is 5. The van der Waals surface area contributed by atoms with Gasteiger partial charge in [0.1, 0.15) is 5.01 Å². The summed E-state index contributed by atoms with van der Waals surface area (Å²) >= 11 is 1.41. The van der Waals surface area contributed by atoms with Gasteiger partial charge in [-0.1, -0.05) is 32.1 Å². The molecule has 0 aliphatic carbocycles. The van der Waals surface area contributed by atoms with Gasteiger partial charge in [-0.2, -0.15) is 0 Å². The quantitative estimate of drug-likeness (QED) is 0.818. The molecule has 1 aromatic rings.